The van der Waals surface area contributed by atoms with Crippen molar-refractivity contribution >= 4 is 11.7 Å². The van der Waals surface area contributed by atoms with Gasteiger partial charge in [0.15, 0.2) is 5.78 Å². The number of hydrogen-bond donors (Lipinski definition) is 1. The van der Waals surface area contributed by atoms with E-state index < -0.39 is 0 Å². The molecule has 0 aliphatic carbocycles. The number of halogens is 1. The number of rotatable bonds is 7. The minimum absolute atomic E-state index is 0.00616. The van der Waals surface area contributed by atoms with E-state index in [1.165, 1.54) is 24.3 Å². The fourth-order valence-corrected chi connectivity index (χ4v) is 1.69. The maximum atomic E-state index is 12.7. The van der Waals surface area contributed by atoms with E-state index in [9.17, 15) is 14.0 Å². The minimum Gasteiger partial charge on any atom is -0.358 e. The molecule has 0 unspecified atom stereocenters. The normalized spacial score (nSPS) is 10.5. The molecule has 1 N–H and O–H groups in total. The number of hydrogen-bond acceptors (Lipinski definition) is 3. The lowest BCUT2D eigenvalue weighted by molar-refractivity contribution is -0.121. The average molecular weight is 266 g/mol. The summed E-state index contributed by atoms with van der Waals surface area (Å²) in [5.41, 5.74) is 0.523. The van der Waals surface area contributed by atoms with E-state index in [1.807, 2.05) is 11.9 Å². The Kier molecular flexibility index (Phi) is 6.15. The highest BCUT2D eigenvalue weighted by Crippen LogP contribution is 2.07. The molecule has 0 heterocycles. The number of ketones is 1. The Morgan fingerprint density at radius 2 is 1.89 bits per heavy atom. The zero-order chi connectivity index (χ0) is 14.3. The van der Waals surface area contributed by atoms with E-state index in [2.05, 4.69) is 5.32 Å². The monoisotopic (exact) mass is 266 g/mol. The molecule has 0 bridgehead atoms. The maximum Gasteiger partial charge on any atom is 0.233 e. The van der Waals surface area contributed by atoms with E-state index in [4.69, 9.17) is 0 Å². The fourth-order valence-electron chi connectivity index (χ4n) is 1.69. The first-order valence-corrected chi connectivity index (χ1v) is 6.21. The summed E-state index contributed by atoms with van der Waals surface area (Å²) in [6, 6.07) is 5.55. The van der Waals surface area contributed by atoms with Crippen LogP contribution >= 0.6 is 0 Å². The molecule has 0 aliphatic heterocycles. The predicted molar refractivity (Wildman–Crippen MR) is 71.5 cm³/mol. The van der Waals surface area contributed by atoms with Crippen LogP contribution in [0.25, 0.3) is 0 Å². The van der Waals surface area contributed by atoms with Gasteiger partial charge in [-0.05, 0) is 44.3 Å². The molecular weight excluding hydrogens is 247 g/mol. The van der Waals surface area contributed by atoms with E-state index >= 15 is 0 Å². The molecule has 0 atom stereocenters. The van der Waals surface area contributed by atoms with Crippen molar-refractivity contribution in [3.8, 4) is 0 Å². The Balaban J connectivity index is 2.31. The van der Waals surface area contributed by atoms with Crippen LogP contribution in [0.3, 0.4) is 0 Å². The Hall–Kier alpha value is -1.75. The van der Waals surface area contributed by atoms with Gasteiger partial charge in [-0.2, -0.15) is 0 Å². The highest BCUT2D eigenvalue weighted by Gasteiger charge is 2.08. The van der Waals surface area contributed by atoms with Crippen molar-refractivity contribution < 1.29 is 14.0 Å². The van der Waals surface area contributed by atoms with E-state index in [0.29, 0.717) is 31.5 Å². The summed E-state index contributed by atoms with van der Waals surface area (Å²) in [4.78, 5) is 24.8. The third-order valence-electron chi connectivity index (χ3n) is 2.80. The molecule has 0 aromatic heterocycles. The molecule has 0 fully saturated rings. The van der Waals surface area contributed by atoms with Crippen LogP contribution < -0.4 is 5.32 Å². The molecule has 0 spiro atoms. The van der Waals surface area contributed by atoms with Crippen LogP contribution in [0.2, 0.25) is 0 Å². The summed E-state index contributed by atoms with van der Waals surface area (Å²) in [6.07, 6.45) is 1.06. The Bertz CT molecular complexity index is 432. The Labute approximate surface area is 112 Å². The zero-order valence-electron chi connectivity index (χ0n) is 11.3. The SMILES string of the molecule is CNC(=O)CN(C)CCCC(=O)c1ccc(F)cc1. The number of likely N-dealkylation sites (N-methyl/N-ethyl adjacent to an activating group) is 2. The molecule has 0 saturated carbocycles. The molecule has 0 saturated heterocycles. The smallest absolute Gasteiger partial charge is 0.233 e. The first-order valence-electron chi connectivity index (χ1n) is 6.21. The Morgan fingerprint density at radius 1 is 1.26 bits per heavy atom. The lowest BCUT2D eigenvalue weighted by Crippen LogP contribution is -2.33. The summed E-state index contributed by atoms with van der Waals surface area (Å²) in [7, 11) is 3.42. The summed E-state index contributed by atoms with van der Waals surface area (Å²) >= 11 is 0. The van der Waals surface area contributed by atoms with Gasteiger partial charge in [0.25, 0.3) is 0 Å². The van der Waals surface area contributed by atoms with E-state index in [1.54, 1.807) is 7.05 Å². The summed E-state index contributed by atoms with van der Waals surface area (Å²) in [6.45, 7) is 0.988. The molecule has 1 rings (SSSR count). The molecule has 104 valence electrons. The van der Waals surface area contributed by atoms with Gasteiger partial charge in [0.2, 0.25) is 5.91 Å². The number of carbonyl (C=O) groups is 2. The van der Waals surface area contributed by atoms with Crippen LogP contribution in [0.4, 0.5) is 4.39 Å². The van der Waals surface area contributed by atoms with Crippen LogP contribution in [-0.4, -0.2) is 43.8 Å². The van der Waals surface area contributed by atoms with Gasteiger partial charge in [0, 0.05) is 19.0 Å². The highest BCUT2D eigenvalue weighted by molar-refractivity contribution is 5.95. The van der Waals surface area contributed by atoms with Crippen LogP contribution in [0, 0.1) is 5.82 Å². The molecule has 4 nitrogen and oxygen atoms in total. The molecule has 0 aliphatic rings. The fraction of sp³-hybridized carbons (Fsp3) is 0.429. The molecule has 19 heavy (non-hydrogen) atoms. The van der Waals surface area contributed by atoms with E-state index in [-0.39, 0.29) is 17.5 Å². The second-order valence-corrected chi connectivity index (χ2v) is 4.44. The summed E-state index contributed by atoms with van der Waals surface area (Å²) in [5.74, 6) is -0.400. The topological polar surface area (TPSA) is 49.4 Å². The van der Waals surface area contributed by atoms with Crippen molar-refractivity contribution in [2.75, 3.05) is 27.2 Å². The minimum atomic E-state index is -0.345. The third kappa shape index (κ3) is 5.61. The molecule has 1 aromatic carbocycles. The van der Waals surface area contributed by atoms with Crippen molar-refractivity contribution in [1.82, 2.24) is 10.2 Å². The van der Waals surface area contributed by atoms with Gasteiger partial charge >= 0.3 is 0 Å². The van der Waals surface area contributed by atoms with Crippen molar-refractivity contribution in [3.05, 3.63) is 35.6 Å². The van der Waals surface area contributed by atoms with Gasteiger partial charge in [-0.25, -0.2) is 4.39 Å². The highest BCUT2D eigenvalue weighted by atomic mass is 19.1. The van der Waals surface area contributed by atoms with Crippen LogP contribution in [0.5, 0.6) is 0 Å². The standard InChI is InChI=1S/C14H19FN2O2/c1-16-14(19)10-17(2)9-3-4-13(18)11-5-7-12(15)8-6-11/h5-8H,3-4,9-10H2,1-2H3,(H,16,19). The quantitative estimate of drug-likeness (QED) is 0.760. The van der Waals surface area contributed by atoms with Crippen molar-refractivity contribution in [2.24, 2.45) is 0 Å². The van der Waals surface area contributed by atoms with E-state index in [0.717, 1.165) is 0 Å². The Morgan fingerprint density at radius 3 is 2.47 bits per heavy atom. The van der Waals surface area contributed by atoms with Crippen LogP contribution in [0.15, 0.2) is 24.3 Å². The number of Topliss-reactive ketones (excluding diaryl/α,β-unsaturated/α-hetero) is 1. The predicted octanol–water partition coefficient (Wildman–Crippen LogP) is 1.47. The third-order valence-corrected chi connectivity index (χ3v) is 2.80. The van der Waals surface area contributed by atoms with Gasteiger partial charge in [-0.1, -0.05) is 0 Å². The number of benzene rings is 1. The number of amides is 1. The van der Waals surface area contributed by atoms with Gasteiger partial charge in [0.05, 0.1) is 6.54 Å². The average Bonchev–Trinajstić information content (AvgIpc) is 2.39. The first kappa shape index (κ1) is 15.3. The van der Waals surface area contributed by atoms with Gasteiger partial charge in [-0.3, -0.25) is 14.5 Å². The zero-order valence-corrected chi connectivity index (χ0v) is 11.3. The number of nitrogens with one attached hydrogen (secondary N) is 1. The molecule has 1 amide bonds. The van der Waals surface area contributed by atoms with Crippen molar-refractivity contribution in [1.29, 1.82) is 0 Å². The van der Waals surface area contributed by atoms with Crippen LogP contribution in [0.1, 0.15) is 23.2 Å². The number of carbonyl (C=O) groups excluding carboxylic acids is 2. The second kappa shape index (κ2) is 7.63. The summed E-state index contributed by atoms with van der Waals surface area (Å²) in [5, 5.41) is 2.54. The maximum absolute atomic E-state index is 12.7. The van der Waals surface area contributed by atoms with Gasteiger partial charge in [0.1, 0.15) is 5.82 Å². The van der Waals surface area contributed by atoms with Crippen LogP contribution in [-0.2, 0) is 4.79 Å². The number of nitrogens with zero attached hydrogens (tertiary/aromatic N) is 1. The lowest BCUT2D eigenvalue weighted by Gasteiger charge is -2.14. The van der Waals surface area contributed by atoms with Crippen molar-refractivity contribution in [3.63, 3.8) is 0 Å². The second-order valence-electron chi connectivity index (χ2n) is 4.44. The molecular formula is C14H19FN2O2. The lowest BCUT2D eigenvalue weighted by atomic mass is 10.1. The largest absolute Gasteiger partial charge is 0.358 e. The van der Waals surface area contributed by atoms with Crippen molar-refractivity contribution in [2.45, 2.75) is 12.8 Å². The van der Waals surface area contributed by atoms with Gasteiger partial charge < -0.3 is 5.32 Å². The molecule has 5 heteroatoms. The first-order chi connectivity index (χ1) is 9.02. The summed E-state index contributed by atoms with van der Waals surface area (Å²) < 4.78 is 12.7. The molecule has 1 aromatic rings. The molecule has 0 radical (unpaired) electrons. The van der Waals surface area contributed by atoms with Gasteiger partial charge in [-0.15, -0.1) is 0 Å².